The van der Waals surface area contributed by atoms with Gasteiger partial charge in [-0.2, -0.15) is 0 Å². The first kappa shape index (κ1) is 14.5. The average molecular weight is 276 g/mol. The number of nitrogens with one attached hydrogen (secondary N) is 2. The molecule has 0 aliphatic carbocycles. The van der Waals surface area contributed by atoms with Gasteiger partial charge in [0.25, 0.3) is 0 Å². The topological polar surface area (TPSA) is 87.5 Å². The molecule has 20 heavy (non-hydrogen) atoms. The van der Waals surface area contributed by atoms with Crippen LogP contribution >= 0.6 is 0 Å². The second-order valence-electron chi connectivity index (χ2n) is 4.94. The van der Waals surface area contributed by atoms with Crippen molar-refractivity contribution in [3.8, 4) is 0 Å². The van der Waals surface area contributed by atoms with E-state index in [0.717, 1.165) is 17.7 Å². The van der Waals surface area contributed by atoms with Crippen LogP contribution in [-0.2, 0) is 16.0 Å². The fourth-order valence-corrected chi connectivity index (χ4v) is 2.16. The second kappa shape index (κ2) is 6.49. The van der Waals surface area contributed by atoms with Gasteiger partial charge in [0, 0.05) is 19.3 Å². The lowest BCUT2D eigenvalue weighted by molar-refractivity contribution is -0.133. The van der Waals surface area contributed by atoms with Crippen molar-refractivity contribution in [1.82, 2.24) is 10.2 Å². The van der Waals surface area contributed by atoms with E-state index in [1.165, 1.54) is 0 Å². The van der Waals surface area contributed by atoms with Gasteiger partial charge in [-0.05, 0) is 30.7 Å². The van der Waals surface area contributed by atoms with Crippen LogP contribution in [0, 0.1) is 0 Å². The lowest BCUT2D eigenvalue weighted by Gasteiger charge is -2.29. The van der Waals surface area contributed by atoms with Crippen LogP contribution < -0.4 is 16.4 Å². The molecule has 6 heteroatoms. The van der Waals surface area contributed by atoms with Gasteiger partial charge in [0.15, 0.2) is 0 Å². The molecule has 1 heterocycles. The SMILES string of the molecule is CN1CC(C(=O)Nc2cccc(CCN)c2)NCC1=O. The van der Waals surface area contributed by atoms with Crippen molar-refractivity contribution in [3.05, 3.63) is 29.8 Å². The highest BCUT2D eigenvalue weighted by Gasteiger charge is 2.27. The number of nitrogens with zero attached hydrogens (tertiary/aromatic N) is 1. The summed E-state index contributed by atoms with van der Waals surface area (Å²) in [4.78, 5) is 25.1. The Hall–Kier alpha value is -1.92. The minimum absolute atomic E-state index is 0.000932. The van der Waals surface area contributed by atoms with E-state index >= 15 is 0 Å². The summed E-state index contributed by atoms with van der Waals surface area (Å²) >= 11 is 0. The largest absolute Gasteiger partial charge is 0.343 e. The molecule has 1 aliphatic heterocycles. The Morgan fingerprint density at radius 1 is 1.55 bits per heavy atom. The maximum absolute atomic E-state index is 12.2. The quantitative estimate of drug-likeness (QED) is 0.695. The Kier molecular flexibility index (Phi) is 4.70. The number of carbonyl (C=O) groups excluding carboxylic acids is 2. The summed E-state index contributed by atoms with van der Waals surface area (Å²) in [5.74, 6) is -0.131. The van der Waals surface area contributed by atoms with Crippen LogP contribution in [0.1, 0.15) is 5.56 Å². The number of benzene rings is 1. The van der Waals surface area contributed by atoms with Gasteiger partial charge in [0.05, 0.1) is 6.54 Å². The van der Waals surface area contributed by atoms with E-state index in [9.17, 15) is 9.59 Å². The predicted octanol–water partition coefficient (Wildman–Crippen LogP) is -0.443. The van der Waals surface area contributed by atoms with Crippen molar-refractivity contribution in [2.45, 2.75) is 12.5 Å². The number of likely N-dealkylation sites (N-methyl/N-ethyl adjacent to an activating group) is 1. The van der Waals surface area contributed by atoms with Crippen LogP contribution in [0.25, 0.3) is 0 Å². The molecule has 0 radical (unpaired) electrons. The molecule has 1 aromatic rings. The Bertz CT molecular complexity index is 504. The number of rotatable bonds is 4. The summed E-state index contributed by atoms with van der Waals surface area (Å²) in [6.45, 7) is 1.16. The molecule has 0 saturated carbocycles. The van der Waals surface area contributed by atoms with Crippen LogP contribution in [0.15, 0.2) is 24.3 Å². The Morgan fingerprint density at radius 3 is 3.05 bits per heavy atom. The summed E-state index contributed by atoms with van der Waals surface area (Å²) in [6.07, 6.45) is 0.780. The van der Waals surface area contributed by atoms with E-state index < -0.39 is 0 Å². The van der Waals surface area contributed by atoms with Crippen LogP contribution in [-0.4, -0.2) is 49.4 Å². The van der Waals surface area contributed by atoms with Gasteiger partial charge >= 0.3 is 0 Å². The molecular formula is C14H20N4O2. The third-order valence-corrected chi connectivity index (χ3v) is 3.33. The minimum Gasteiger partial charge on any atom is -0.343 e. The summed E-state index contributed by atoms with van der Waals surface area (Å²) in [5.41, 5.74) is 7.37. The Morgan fingerprint density at radius 2 is 2.35 bits per heavy atom. The van der Waals surface area contributed by atoms with E-state index in [1.54, 1.807) is 11.9 Å². The molecule has 1 aliphatic rings. The average Bonchev–Trinajstić information content (AvgIpc) is 2.42. The molecule has 1 fully saturated rings. The van der Waals surface area contributed by atoms with Crippen LogP contribution in [0.3, 0.4) is 0 Å². The molecule has 2 rings (SSSR count). The molecule has 1 saturated heterocycles. The Balaban J connectivity index is 1.97. The zero-order valence-corrected chi connectivity index (χ0v) is 11.6. The van der Waals surface area contributed by atoms with Crippen LogP contribution in [0.2, 0.25) is 0 Å². The van der Waals surface area contributed by atoms with E-state index in [1.807, 2.05) is 24.3 Å². The van der Waals surface area contributed by atoms with E-state index in [0.29, 0.717) is 13.1 Å². The first-order valence-corrected chi connectivity index (χ1v) is 6.67. The molecule has 0 bridgehead atoms. The van der Waals surface area contributed by atoms with Gasteiger partial charge in [-0.25, -0.2) is 0 Å². The van der Waals surface area contributed by atoms with E-state index in [4.69, 9.17) is 5.73 Å². The standard InChI is InChI=1S/C14H20N4O2/c1-18-9-12(16-8-13(18)19)14(20)17-11-4-2-3-10(7-11)5-6-15/h2-4,7,12,16H,5-6,8-9,15H2,1H3,(H,17,20). The molecule has 4 N–H and O–H groups in total. The number of carbonyl (C=O) groups is 2. The van der Waals surface area contributed by atoms with Gasteiger partial charge in [-0.3, -0.25) is 14.9 Å². The van der Waals surface area contributed by atoms with E-state index in [-0.39, 0.29) is 24.4 Å². The molecule has 0 spiro atoms. The normalized spacial score (nSPS) is 19.0. The first-order valence-electron chi connectivity index (χ1n) is 6.67. The third kappa shape index (κ3) is 3.55. The van der Waals surface area contributed by atoms with E-state index in [2.05, 4.69) is 10.6 Å². The lowest BCUT2D eigenvalue weighted by Crippen LogP contribution is -2.57. The maximum Gasteiger partial charge on any atom is 0.243 e. The number of nitrogens with two attached hydrogens (primary N) is 1. The number of hydrogen-bond donors (Lipinski definition) is 3. The van der Waals surface area contributed by atoms with Gasteiger partial charge < -0.3 is 16.0 Å². The maximum atomic E-state index is 12.2. The summed E-state index contributed by atoms with van der Waals surface area (Å²) in [5, 5.41) is 5.80. The highest BCUT2D eigenvalue weighted by atomic mass is 16.2. The predicted molar refractivity (Wildman–Crippen MR) is 77.3 cm³/mol. The van der Waals surface area contributed by atoms with Crippen molar-refractivity contribution in [3.63, 3.8) is 0 Å². The summed E-state index contributed by atoms with van der Waals surface area (Å²) in [6, 6.07) is 7.26. The number of piperazine rings is 1. The highest BCUT2D eigenvalue weighted by molar-refractivity contribution is 5.96. The Labute approximate surface area is 118 Å². The summed E-state index contributed by atoms with van der Waals surface area (Å²) < 4.78 is 0. The summed E-state index contributed by atoms with van der Waals surface area (Å²) in [7, 11) is 1.70. The highest BCUT2D eigenvalue weighted by Crippen LogP contribution is 2.12. The third-order valence-electron chi connectivity index (χ3n) is 3.33. The number of amides is 2. The van der Waals surface area contributed by atoms with Gasteiger partial charge in [0.1, 0.15) is 6.04 Å². The van der Waals surface area contributed by atoms with Gasteiger partial charge in [0.2, 0.25) is 11.8 Å². The second-order valence-corrected chi connectivity index (χ2v) is 4.94. The van der Waals surface area contributed by atoms with Crippen molar-refractivity contribution in [2.24, 2.45) is 5.73 Å². The molecule has 108 valence electrons. The molecule has 2 amide bonds. The smallest absolute Gasteiger partial charge is 0.243 e. The van der Waals surface area contributed by atoms with Gasteiger partial charge in [-0.1, -0.05) is 12.1 Å². The molecule has 0 aromatic heterocycles. The zero-order valence-electron chi connectivity index (χ0n) is 11.6. The number of anilines is 1. The molecule has 6 nitrogen and oxygen atoms in total. The fourth-order valence-electron chi connectivity index (χ4n) is 2.16. The molecule has 1 unspecified atom stereocenters. The molecule has 1 aromatic carbocycles. The molecular weight excluding hydrogens is 256 g/mol. The van der Waals surface area contributed by atoms with Crippen LogP contribution in [0.4, 0.5) is 5.69 Å². The minimum atomic E-state index is -0.379. The molecule has 1 atom stereocenters. The fraction of sp³-hybridized carbons (Fsp3) is 0.429. The zero-order chi connectivity index (χ0) is 14.5. The van der Waals surface area contributed by atoms with Crippen molar-refractivity contribution >= 4 is 17.5 Å². The number of hydrogen-bond acceptors (Lipinski definition) is 4. The van der Waals surface area contributed by atoms with Crippen molar-refractivity contribution < 1.29 is 9.59 Å². The van der Waals surface area contributed by atoms with Crippen molar-refractivity contribution in [2.75, 3.05) is 32.0 Å². The lowest BCUT2D eigenvalue weighted by atomic mass is 10.1. The monoisotopic (exact) mass is 276 g/mol. The van der Waals surface area contributed by atoms with Gasteiger partial charge in [-0.15, -0.1) is 0 Å². The van der Waals surface area contributed by atoms with Crippen LogP contribution in [0.5, 0.6) is 0 Å². The first-order chi connectivity index (χ1) is 9.60. The van der Waals surface area contributed by atoms with Crippen molar-refractivity contribution in [1.29, 1.82) is 0 Å².